The van der Waals surface area contributed by atoms with Crippen LogP contribution in [-0.4, -0.2) is 55.2 Å². The van der Waals surface area contributed by atoms with Gasteiger partial charge in [-0.15, -0.1) is 11.3 Å². The van der Waals surface area contributed by atoms with Crippen LogP contribution in [0.15, 0.2) is 29.6 Å². The first-order valence-corrected chi connectivity index (χ1v) is 11.7. The number of carbonyl (C=O) groups is 2. The molecular weight excluding hydrogens is 428 g/mol. The second-order valence-electron chi connectivity index (χ2n) is 8.23. The largest absolute Gasteiger partial charge is 0.454 e. The van der Waals surface area contributed by atoms with Crippen LogP contribution >= 0.6 is 11.3 Å². The van der Waals surface area contributed by atoms with E-state index < -0.39 is 0 Å². The van der Waals surface area contributed by atoms with Crippen molar-refractivity contribution in [3.63, 3.8) is 0 Å². The van der Waals surface area contributed by atoms with Gasteiger partial charge in [-0.05, 0) is 48.1 Å². The minimum atomic E-state index is -0.174. The average Bonchev–Trinajstić information content (AvgIpc) is 3.40. The van der Waals surface area contributed by atoms with E-state index in [1.54, 1.807) is 23.3 Å². The molecule has 2 heterocycles. The molecule has 1 aliphatic heterocycles. The average molecular weight is 461 g/mol. The molecule has 0 bridgehead atoms. The SMILES string of the molecule is COCCCN(CC(=O)N(Cc1ccc2c(c1)OCO2)Cc1sccc1C)C(=O)C(C)C. The molecular formula is C24H32N2O5S. The van der Waals surface area contributed by atoms with Gasteiger partial charge >= 0.3 is 0 Å². The van der Waals surface area contributed by atoms with Crippen molar-refractivity contribution in [2.75, 3.05) is 33.6 Å². The molecule has 8 heteroatoms. The van der Waals surface area contributed by atoms with E-state index in [1.165, 1.54) is 0 Å². The minimum Gasteiger partial charge on any atom is -0.454 e. The molecule has 1 aromatic heterocycles. The van der Waals surface area contributed by atoms with Crippen LogP contribution in [0.1, 0.15) is 36.3 Å². The Morgan fingerprint density at radius 1 is 1.12 bits per heavy atom. The Morgan fingerprint density at radius 3 is 2.59 bits per heavy atom. The van der Waals surface area contributed by atoms with Crippen LogP contribution in [-0.2, 0) is 27.4 Å². The molecule has 0 radical (unpaired) electrons. The van der Waals surface area contributed by atoms with Gasteiger partial charge in [-0.25, -0.2) is 0 Å². The number of hydrogen-bond acceptors (Lipinski definition) is 6. The Kier molecular flexibility index (Phi) is 8.53. The summed E-state index contributed by atoms with van der Waals surface area (Å²) in [4.78, 5) is 30.8. The van der Waals surface area contributed by atoms with Crippen molar-refractivity contribution >= 4 is 23.2 Å². The third-order valence-corrected chi connectivity index (χ3v) is 6.38. The van der Waals surface area contributed by atoms with Gasteiger partial charge in [-0.2, -0.15) is 0 Å². The number of carbonyl (C=O) groups excluding carboxylic acids is 2. The normalized spacial score (nSPS) is 12.3. The standard InChI is InChI=1S/C24H32N2O5S/c1-17(2)24(28)25(9-5-10-29-4)15-23(27)26(14-22-18(3)8-11-32-22)13-19-6-7-20-21(12-19)31-16-30-20/h6-8,11-12,17H,5,9-10,13-16H2,1-4H3. The van der Waals surface area contributed by atoms with Gasteiger partial charge in [0.15, 0.2) is 11.5 Å². The molecule has 174 valence electrons. The molecule has 2 aromatic rings. The van der Waals surface area contributed by atoms with Crippen LogP contribution < -0.4 is 9.47 Å². The fourth-order valence-corrected chi connectivity index (χ4v) is 4.45. The second kappa shape index (κ2) is 11.3. The number of thiophene rings is 1. The van der Waals surface area contributed by atoms with Crippen molar-refractivity contribution in [3.05, 3.63) is 45.6 Å². The third-order valence-electron chi connectivity index (χ3n) is 5.37. The Labute approximate surface area is 193 Å². The van der Waals surface area contributed by atoms with Crippen molar-refractivity contribution in [3.8, 4) is 11.5 Å². The van der Waals surface area contributed by atoms with E-state index in [1.807, 2.05) is 42.3 Å². The van der Waals surface area contributed by atoms with Crippen LogP contribution in [0.2, 0.25) is 0 Å². The number of rotatable bonds is 11. The number of ether oxygens (including phenoxy) is 3. The molecule has 0 saturated carbocycles. The molecule has 0 spiro atoms. The quantitative estimate of drug-likeness (QED) is 0.477. The summed E-state index contributed by atoms with van der Waals surface area (Å²) in [6.45, 7) is 7.99. The molecule has 1 aromatic carbocycles. The number of methoxy groups -OCH3 is 1. The highest BCUT2D eigenvalue weighted by Crippen LogP contribution is 2.33. The van der Waals surface area contributed by atoms with E-state index in [9.17, 15) is 9.59 Å². The summed E-state index contributed by atoms with van der Waals surface area (Å²) in [6, 6.07) is 7.79. The molecule has 2 amide bonds. The predicted octanol–water partition coefficient (Wildman–Crippen LogP) is 3.84. The van der Waals surface area contributed by atoms with Gasteiger partial charge in [0, 0.05) is 37.6 Å². The van der Waals surface area contributed by atoms with Gasteiger partial charge in [0.2, 0.25) is 18.6 Å². The zero-order valence-corrected chi connectivity index (χ0v) is 20.1. The molecule has 7 nitrogen and oxygen atoms in total. The summed E-state index contributed by atoms with van der Waals surface area (Å²) in [5, 5.41) is 2.03. The summed E-state index contributed by atoms with van der Waals surface area (Å²) in [6.07, 6.45) is 0.689. The Morgan fingerprint density at radius 2 is 1.91 bits per heavy atom. The van der Waals surface area contributed by atoms with Crippen molar-refractivity contribution in [2.24, 2.45) is 5.92 Å². The zero-order chi connectivity index (χ0) is 23.1. The van der Waals surface area contributed by atoms with E-state index in [2.05, 4.69) is 13.0 Å². The molecule has 1 aliphatic rings. The van der Waals surface area contributed by atoms with E-state index in [0.717, 1.165) is 16.0 Å². The van der Waals surface area contributed by atoms with Gasteiger partial charge < -0.3 is 24.0 Å². The first-order chi connectivity index (χ1) is 15.4. The van der Waals surface area contributed by atoms with Crippen LogP contribution in [0.4, 0.5) is 0 Å². The van der Waals surface area contributed by atoms with E-state index in [4.69, 9.17) is 14.2 Å². The van der Waals surface area contributed by atoms with E-state index in [0.29, 0.717) is 44.2 Å². The fraction of sp³-hybridized carbons (Fsp3) is 0.500. The number of fused-ring (bicyclic) bond motifs is 1. The summed E-state index contributed by atoms with van der Waals surface area (Å²) in [5.74, 6) is 1.13. The molecule has 0 atom stereocenters. The van der Waals surface area contributed by atoms with Crippen molar-refractivity contribution in [1.29, 1.82) is 0 Å². The highest BCUT2D eigenvalue weighted by Gasteiger charge is 2.24. The first-order valence-electron chi connectivity index (χ1n) is 10.9. The molecule has 32 heavy (non-hydrogen) atoms. The second-order valence-corrected chi connectivity index (χ2v) is 9.23. The summed E-state index contributed by atoms with van der Waals surface area (Å²) >= 11 is 1.64. The maximum absolute atomic E-state index is 13.4. The lowest BCUT2D eigenvalue weighted by molar-refractivity contribution is -0.143. The topological polar surface area (TPSA) is 68.3 Å². The van der Waals surface area contributed by atoms with Gasteiger partial charge in [0.05, 0.1) is 13.1 Å². The van der Waals surface area contributed by atoms with Crippen LogP contribution in [0.3, 0.4) is 0 Å². The van der Waals surface area contributed by atoms with Gasteiger partial charge in [-0.3, -0.25) is 9.59 Å². The Balaban J connectivity index is 1.78. The lowest BCUT2D eigenvalue weighted by Crippen LogP contribution is -2.44. The van der Waals surface area contributed by atoms with Gasteiger partial charge in [0.25, 0.3) is 0 Å². The monoisotopic (exact) mass is 460 g/mol. The smallest absolute Gasteiger partial charge is 0.242 e. The molecule has 0 saturated heterocycles. The summed E-state index contributed by atoms with van der Waals surface area (Å²) in [5.41, 5.74) is 2.12. The van der Waals surface area contributed by atoms with E-state index in [-0.39, 0.29) is 31.1 Å². The van der Waals surface area contributed by atoms with Crippen molar-refractivity contribution in [1.82, 2.24) is 9.80 Å². The van der Waals surface area contributed by atoms with Crippen LogP contribution in [0, 0.1) is 12.8 Å². The lowest BCUT2D eigenvalue weighted by Gasteiger charge is -2.29. The molecule has 0 unspecified atom stereocenters. The highest BCUT2D eigenvalue weighted by molar-refractivity contribution is 7.10. The number of amides is 2. The summed E-state index contributed by atoms with van der Waals surface area (Å²) in [7, 11) is 1.64. The fourth-order valence-electron chi connectivity index (χ4n) is 3.53. The van der Waals surface area contributed by atoms with Gasteiger partial charge in [0.1, 0.15) is 0 Å². The van der Waals surface area contributed by atoms with Crippen LogP contribution in [0.25, 0.3) is 0 Å². The van der Waals surface area contributed by atoms with Crippen molar-refractivity contribution in [2.45, 2.75) is 40.3 Å². The number of hydrogen-bond donors (Lipinski definition) is 0. The third kappa shape index (κ3) is 6.23. The van der Waals surface area contributed by atoms with Crippen LogP contribution in [0.5, 0.6) is 11.5 Å². The molecule has 0 aliphatic carbocycles. The molecule has 0 N–H and O–H groups in total. The molecule has 3 rings (SSSR count). The summed E-state index contributed by atoms with van der Waals surface area (Å²) < 4.78 is 16.0. The first kappa shape index (κ1) is 24.1. The van der Waals surface area contributed by atoms with Crippen molar-refractivity contribution < 1.29 is 23.8 Å². The highest BCUT2D eigenvalue weighted by atomic mass is 32.1. The number of benzene rings is 1. The Hall–Kier alpha value is -2.58. The van der Waals surface area contributed by atoms with E-state index >= 15 is 0 Å². The maximum atomic E-state index is 13.4. The number of aryl methyl sites for hydroxylation is 1. The zero-order valence-electron chi connectivity index (χ0n) is 19.3. The molecule has 0 fully saturated rings. The number of nitrogens with zero attached hydrogens (tertiary/aromatic N) is 2. The lowest BCUT2D eigenvalue weighted by atomic mass is 10.1. The Bertz CT molecular complexity index is 927. The minimum absolute atomic E-state index is 0.0233. The maximum Gasteiger partial charge on any atom is 0.242 e. The predicted molar refractivity (Wildman–Crippen MR) is 124 cm³/mol. The van der Waals surface area contributed by atoms with Gasteiger partial charge in [-0.1, -0.05) is 19.9 Å².